The van der Waals surface area contributed by atoms with Crippen molar-refractivity contribution in [3.63, 3.8) is 0 Å². The third kappa shape index (κ3) is 4.64. The molecule has 4 saturated carbocycles. The van der Waals surface area contributed by atoms with E-state index in [1.165, 1.54) is 64.2 Å². The number of fused-ring (bicyclic) bond motifs is 5. The molecule has 0 heterocycles. The Kier molecular flexibility index (Phi) is 6.96. The zero-order valence-electron chi connectivity index (χ0n) is 23.2. The third-order valence-corrected chi connectivity index (χ3v) is 11.7. The quantitative estimate of drug-likeness (QED) is 0.405. The van der Waals surface area contributed by atoms with Gasteiger partial charge >= 0.3 is 0 Å². The van der Waals surface area contributed by atoms with Crippen LogP contribution in [-0.2, 0) is 11.3 Å². The minimum Gasteiger partial charge on any atom is -0.399 e. The molecule has 35 heavy (non-hydrogen) atoms. The summed E-state index contributed by atoms with van der Waals surface area (Å²) in [6, 6.07) is 5.83. The van der Waals surface area contributed by atoms with E-state index in [0.717, 1.165) is 58.4 Å². The Morgan fingerprint density at radius 1 is 0.857 bits per heavy atom. The lowest BCUT2D eigenvalue weighted by Crippen LogP contribution is -2.54. The summed E-state index contributed by atoms with van der Waals surface area (Å²) in [7, 11) is 0. The molecule has 9 atom stereocenters. The molecule has 4 aliphatic rings. The van der Waals surface area contributed by atoms with Crippen molar-refractivity contribution in [3.05, 3.63) is 23.8 Å². The molecule has 4 aliphatic carbocycles. The number of anilines is 2. The van der Waals surface area contributed by atoms with Crippen LogP contribution in [-0.4, -0.2) is 6.10 Å². The SMILES string of the molecule is CC(C)CC(C)C1CCC2C3CCC4CC(OCc5cc(N)cc(N)c5)CCC4(C)C3CCC12C. The predicted molar refractivity (Wildman–Crippen MR) is 148 cm³/mol. The van der Waals surface area contributed by atoms with Gasteiger partial charge in [0.05, 0.1) is 12.7 Å². The second-order valence-corrected chi connectivity index (χ2v) is 14.2. The Morgan fingerprint density at radius 3 is 2.26 bits per heavy atom. The van der Waals surface area contributed by atoms with E-state index in [1.54, 1.807) is 0 Å². The van der Waals surface area contributed by atoms with E-state index >= 15 is 0 Å². The van der Waals surface area contributed by atoms with Crippen molar-refractivity contribution in [1.82, 2.24) is 0 Å². The Morgan fingerprint density at radius 2 is 1.54 bits per heavy atom. The van der Waals surface area contributed by atoms with E-state index in [-0.39, 0.29) is 0 Å². The predicted octanol–water partition coefficient (Wildman–Crippen LogP) is 8.08. The third-order valence-electron chi connectivity index (χ3n) is 11.7. The number of nitrogens with two attached hydrogens (primary N) is 2. The van der Waals surface area contributed by atoms with Gasteiger partial charge in [0.2, 0.25) is 0 Å². The molecule has 9 unspecified atom stereocenters. The highest BCUT2D eigenvalue weighted by molar-refractivity contribution is 5.54. The summed E-state index contributed by atoms with van der Waals surface area (Å²) in [6.07, 6.45) is 14.4. The Bertz CT molecular complexity index is 877. The Labute approximate surface area is 215 Å². The van der Waals surface area contributed by atoms with Gasteiger partial charge < -0.3 is 16.2 Å². The van der Waals surface area contributed by atoms with Crippen LogP contribution in [0.25, 0.3) is 0 Å². The first-order valence-electron chi connectivity index (χ1n) is 14.9. The lowest BCUT2D eigenvalue weighted by atomic mass is 9.44. The normalized spacial score (nSPS) is 41.8. The minimum absolute atomic E-state index is 0.383. The van der Waals surface area contributed by atoms with Crippen LogP contribution in [0.2, 0.25) is 0 Å². The molecule has 1 aromatic carbocycles. The summed E-state index contributed by atoms with van der Waals surface area (Å²) in [6.45, 7) is 13.4. The summed E-state index contributed by atoms with van der Waals surface area (Å²) < 4.78 is 6.46. The summed E-state index contributed by atoms with van der Waals surface area (Å²) in [5, 5.41) is 0. The molecular weight excluding hydrogens is 428 g/mol. The van der Waals surface area contributed by atoms with Crippen LogP contribution in [0.15, 0.2) is 18.2 Å². The summed E-state index contributed by atoms with van der Waals surface area (Å²) >= 11 is 0. The molecule has 0 saturated heterocycles. The van der Waals surface area contributed by atoms with Gasteiger partial charge in [-0.25, -0.2) is 0 Å². The smallest absolute Gasteiger partial charge is 0.0722 e. The van der Waals surface area contributed by atoms with Gasteiger partial charge in [-0.3, -0.25) is 0 Å². The Hall–Kier alpha value is -1.22. The number of hydrogen-bond acceptors (Lipinski definition) is 3. The second kappa shape index (κ2) is 9.58. The van der Waals surface area contributed by atoms with Crippen molar-refractivity contribution in [1.29, 1.82) is 0 Å². The highest BCUT2D eigenvalue weighted by atomic mass is 16.5. The zero-order valence-corrected chi connectivity index (χ0v) is 23.2. The zero-order chi connectivity index (χ0) is 25.0. The average Bonchev–Trinajstić information content (AvgIpc) is 3.14. The number of ether oxygens (including phenoxy) is 1. The molecular formula is C32H52N2O. The van der Waals surface area contributed by atoms with Crippen molar-refractivity contribution in [3.8, 4) is 0 Å². The van der Waals surface area contributed by atoms with Crippen LogP contribution < -0.4 is 11.5 Å². The fraction of sp³-hybridized carbons (Fsp3) is 0.812. The van der Waals surface area contributed by atoms with Gasteiger partial charge in [0.15, 0.2) is 0 Å². The van der Waals surface area contributed by atoms with Crippen molar-refractivity contribution >= 4 is 11.4 Å². The lowest BCUT2D eigenvalue weighted by Gasteiger charge is -2.61. The molecule has 3 nitrogen and oxygen atoms in total. The van der Waals surface area contributed by atoms with Gasteiger partial charge in [0, 0.05) is 11.4 Å². The number of rotatable bonds is 6. The standard InChI is InChI=1S/C32H52N2O/c1-20(2)14-21(3)28-8-9-29-27-7-6-23-17-26(35-19-22-15-24(33)18-25(34)16-22)10-12-31(23,4)30(27)11-13-32(28,29)5/h15-16,18,20-21,23,26-30H,6-14,17,19,33-34H2,1-5H3. The minimum atomic E-state index is 0.383. The molecule has 5 rings (SSSR count). The van der Waals surface area contributed by atoms with Gasteiger partial charge in [-0.1, -0.05) is 34.6 Å². The molecule has 0 bridgehead atoms. The molecule has 0 radical (unpaired) electrons. The fourth-order valence-corrected chi connectivity index (χ4v) is 10.3. The van der Waals surface area contributed by atoms with Crippen molar-refractivity contribution in [2.45, 2.75) is 112 Å². The number of benzene rings is 1. The monoisotopic (exact) mass is 480 g/mol. The maximum atomic E-state index is 6.46. The molecule has 0 spiro atoms. The maximum absolute atomic E-state index is 6.46. The first-order valence-corrected chi connectivity index (χ1v) is 14.9. The van der Waals surface area contributed by atoms with E-state index in [2.05, 4.69) is 34.6 Å². The van der Waals surface area contributed by atoms with E-state index in [0.29, 0.717) is 23.5 Å². The highest BCUT2D eigenvalue weighted by Crippen LogP contribution is 2.68. The molecule has 0 amide bonds. The summed E-state index contributed by atoms with van der Waals surface area (Å²) in [5.41, 5.74) is 15.7. The molecule has 0 aromatic heterocycles. The van der Waals surface area contributed by atoms with Gasteiger partial charge in [-0.15, -0.1) is 0 Å². The number of hydrogen-bond donors (Lipinski definition) is 2. The molecule has 196 valence electrons. The number of nitrogen functional groups attached to an aromatic ring is 2. The molecule has 4 N–H and O–H groups in total. The highest BCUT2D eigenvalue weighted by Gasteiger charge is 2.60. The first kappa shape index (κ1) is 25.4. The van der Waals surface area contributed by atoms with E-state index in [9.17, 15) is 0 Å². The van der Waals surface area contributed by atoms with Crippen molar-refractivity contribution < 1.29 is 4.74 Å². The molecule has 3 heteroatoms. The fourth-order valence-electron chi connectivity index (χ4n) is 10.3. The first-order chi connectivity index (χ1) is 16.6. The van der Waals surface area contributed by atoms with Gasteiger partial charge in [-0.05, 0) is 140 Å². The van der Waals surface area contributed by atoms with E-state index in [1.807, 2.05) is 18.2 Å². The van der Waals surface area contributed by atoms with Gasteiger partial charge in [-0.2, -0.15) is 0 Å². The summed E-state index contributed by atoms with van der Waals surface area (Å²) in [4.78, 5) is 0. The summed E-state index contributed by atoms with van der Waals surface area (Å²) in [5.74, 6) is 6.37. The molecule has 0 aliphatic heterocycles. The second-order valence-electron chi connectivity index (χ2n) is 14.2. The van der Waals surface area contributed by atoms with Crippen LogP contribution >= 0.6 is 0 Å². The van der Waals surface area contributed by atoms with Crippen LogP contribution in [0.4, 0.5) is 11.4 Å². The average molecular weight is 481 g/mol. The lowest BCUT2D eigenvalue weighted by molar-refractivity contribution is -0.138. The van der Waals surface area contributed by atoms with Crippen LogP contribution in [0.5, 0.6) is 0 Å². The van der Waals surface area contributed by atoms with Crippen molar-refractivity contribution in [2.75, 3.05) is 11.5 Å². The van der Waals surface area contributed by atoms with Crippen LogP contribution in [0.3, 0.4) is 0 Å². The topological polar surface area (TPSA) is 61.3 Å². The largest absolute Gasteiger partial charge is 0.399 e. The maximum Gasteiger partial charge on any atom is 0.0722 e. The van der Waals surface area contributed by atoms with E-state index in [4.69, 9.17) is 16.2 Å². The van der Waals surface area contributed by atoms with E-state index < -0.39 is 0 Å². The molecule has 4 fully saturated rings. The van der Waals surface area contributed by atoms with Crippen LogP contribution in [0.1, 0.15) is 104 Å². The van der Waals surface area contributed by atoms with Crippen LogP contribution in [0, 0.1) is 52.3 Å². The Balaban J connectivity index is 1.23. The van der Waals surface area contributed by atoms with Gasteiger partial charge in [0.25, 0.3) is 0 Å². The van der Waals surface area contributed by atoms with Crippen molar-refractivity contribution in [2.24, 2.45) is 52.3 Å². The van der Waals surface area contributed by atoms with Gasteiger partial charge in [0.1, 0.15) is 0 Å². The molecule has 1 aromatic rings.